The van der Waals surface area contributed by atoms with Crippen LogP contribution in [-0.2, 0) is 18.1 Å². The van der Waals surface area contributed by atoms with E-state index in [1.807, 2.05) is 0 Å². The summed E-state index contributed by atoms with van der Waals surface area (Å²) in [6.45, 7) is -3.06. The maximum atomic E-state index is 11.4. The second kappa shape index (κ2) is 2.92. The highest BCUT2D eigenvalue weighted by atomic mass is 31.2. The van der Waals surface area contributed by atoms with Crippen molar-refractivity contribution in [3.63, 3.8) is 0 Å². The van der Waals surface area contributed by atoms with Gasteiger partial charge in [0, 0.05) is 0 Å². The van der Waals surface area contributed by atoms with Crippen LogP contribution < -0.4 is 0 Å². The zero-order valence-corrected chi connectivity index (χ0v) is 5.72. The quantitative estimate of drug-likeness (QED) is 0.593. The highest BCUT2D eigenvalue weighted by Crippen LogP contribution is 2.53. The van der Waals surface area contributed by atoms with Crippen molar-refractivity contribution in [3.8, 4) is 0 Å². The number of phosphoric acid groups is 1. The van der Waals surface area contributed by atoms with Gasteiger partial charge in [0.2, 0.25) is 0 Å². The van der Waals surface area contributed by atoms with Crippen LogP contribution in [0.5, 0.6) is 0 Å². The molecule has 1 aliphatic heterocycles. The van der Waals surface area contributed by atoms with E-state index in [1.165, 1.54) is 0 Å². The molecule has 0 aromatic carbocycles. The van der Waals surface area contributed by atoms with Crippen molar-refractivity contribution >= 4 is 7.82 Å². The van der Waals surface area contributed by atoms with E-state index in [0.717, 1.165) is 0 Å². The van der Waals surface area contributed by atoms with Crippen LogP contribution in [0.25, 0.3) is 0 Å². The molecule has 1 rings (SSSR count). The summed E-state index contributed by atoms with van der Waals surface area (Å²) in [4.78, 5) is 0. The van der Waals surface area contributed by atoms with Gasteiger partial charge in [-0.15, -0.1) is 0 Å². The molecule has 1 saturated heterocycles. The molecule has 0 aromatic heterocycles. The summed E-state index contributed by atoms with van der Waals surface area (Å²) < 4.78 is 45.6. The second-order valence-corrected chi connectivity index (χ2v) is 3.10. The van der Waals surface area contributed by atoms with E-state index >= 15 is 0 Å². The molecule has 0 amide bonds. The summed E-state index contributed by atoms with van der Waals surface area (Å²) in [5, 5.41) is 0. The van der Waals surface area contributed by atoms with Crippen LogP contribution in [0.4, 0.5) is 8.78 Å². The maximum Gasteiger partial charge on any atom is 0.479 e. The highest BCUT2D eigenvalue weighted by molar-refractivity contribution is 7.48. The molecule has 0 atom stereocenters. The summed E-state index contributed by atoms with van der Waals surface area (Å²) in [6.07, 6.45) is 0. The zero-order valence-electron chi connectivity index (χ0n) is 4.83. The van der Waals surface area contributed by atoms with Crippen molar-refractivity contribution in [3.05, 3.63) is 0 Å². The van der Waals surface area contributed by atoms with Crippen molar-refractivity contribution in [1.29, 1.82) is 0 Å². The molecule has 0 radical (unpaired) electrons. The molecule has 7 heteroatoms. The minimum atomic E-state index is -3.88. The Balaban J connectivity index is 2.44. The largest absolute Gasteiger partial charge is 0.479 e. The Kier molecular flexibility index (Phi) is 2.36. The Morgan fingerprint density at radius 1 is 1.40 bits per heavy atom. The van der Waals surface area contributed by atoms with Crippen molar-refractivity contribution in [1.82, 2.24) is 0 Å². The molecule has 0 N–H and O–H groups in total. The average Bonchev–Trinajstić information content (AvgIpc) is 2.12. The van der Waals surface area contributed by atoms with Gasteiger partial charge in [0.25, 0.3) is 0 Å². The minimum Gasteiger partial charge on any atom is -0.284 e. The Morgan fingerprint density at radius 2 is 1.90 bits per heavy atom. The van der Waals surface area contributed by atoms with Crippen LogP contribution in [-0.4, -0.2) is 19.8 Å². The lowest BCUT2D eigenvalue weighted by molar-refractivity contribution is -0.0668. The third kappa shape index (κ3) is 1.98. The molecule has 1 fully saturated rings. The lowest BCUT2D eigenvalue weighted by Gasteiger charge is -2.06. The number of alkyl halides is 2. The summed E-state index contributed by atoms with van der Waals surface area (Å²) in [5.41, 5.74) is 0. The van der Waals surface area contributed by atoms with Gasteiger partial charge in [-0.1, -0.05) is 0 Å². The third-order valence-electron chi connectivity index (χ3n) is 0.791. The molecule has 0 aliphatic carbocycles. The van der Waals surface area contributed by atoms with Crippen molar-refractivity contribution in [2.24, 2.45) is 0 Å². The molecule has 1 aliphatic rings. The summed E-state index contributed by atoms with van der Waals surface area (Å²) in [6, 6.07) is 0. The Hall–Kier alpha value is -0.0300. The number of phosphoric ester groups is 1. The van der Waals surface area contributed by atoms with Gasteiger partial charge < -0.3 is 0 Å². The van der Waals surface area contributed by atoms with Crippen LogP contribution in [0.15, 0.2) is 0 Å². The summed E-state index contributed by atoms with van der Waals surface area (Å²) in [5.74, 6) is 0. The molecule has 0 unspecified atom stereocenters. The standard InChI is InChI=1S/C3H5F2O4P/c4-3(5)9-10(6)7-1-2-8-10/h3H,1-2H2. The van der Waals surface area contributed by atoms with Crippen LogP contribution in [0, 0.1) is 0 Å². The van der Waals surface area contributed by atoms with E-state index in [4.69, 9.17) is 0 Å². The predicted molar refractivity (Wildman–Crippen MR) is 26.6 cm³/mol. The summed E-state index contributed by atoms with van der Waals surface area (Å²) in [7, 11) is -3.88. The second-order valence-electron chi connectivity index (χ2n) is 1.48. The van der Waals surface area contributed by atoms with E-state index in [0.29, 0.717) is 0 Å². The molecule has 0 bridgehead atoms. The van der Waals surface area contributed by atoms with Crippen molar-refractivity contribution in [2.45, 2.75) is 6.61 Å². The number of hydrogen-bond acceptors (Lipinski definition) is 4. The fourth-order valence-electron chi connectivity index (χ4n) is 0.494. The van der Waals surface area contributed by atoms with Crippen LogP contribution in [0.1, 0.15) is 0 Å². The molecular weight excluding hydrogens is 169 g/mol. The first-order valence-corrected chi connectivity index (χ1v) is 3.94. The van der Waals surface area contributed by atoms with Gasteiger partial charge in [-0.3, -0.25) is 9.05 Å². The topological polar surface area (TPSA) is 44.8 Å². The Morgan fingerprint density at radius 3 is 2.30 bits per heavy atom. The van der Waals surface area contributed by atoms with Gasteiger partial charge >= 0.3 is 14.4 Å². The monoisotopic (exact) mass is 174 g/mol. The SMILES string of the molecule is O=P1(OC(F)F)OCCO1. The Labute approximate surface area is 55.7 Å². The van der Waals surface area contributed by atoms with E-state index < -0.39 is 14.4 Å². The molecule has 4 nitrogen and oxygen atoms in total. The normalized spacial score (nSPS) is 23.9. The van der Waals surface area contributed by atoms with Gasteiger partial charge in [-0.25, -0.2) is 9.09 Å². The number of hydrogen-bond donors (Lipinski definition) is 0. The van der Waals surface area contributed by atoms with Gasteiger partial charge in [-0.05, 0) is 0 Å². The number of rotatable bonds is 2. The molecule has 10 heavy (non-hydrogen) atoms. The molecule has 0 spiro atoms. The van der Waals surface area contributed by atoms with Crippen LogP contribution in [0.2, 0.25) is 0 Å². The van der Waals surface area contributed by atoms with Crippen LogP contribution in [0.3, 0.4) is 0 Å². The minimum absolute atomic E-state index is 0.0317. The van der Waals surface area contributed by atoms with E-state index in [1.54, 1.807) is 0 Å². The van der Waals surface area contributed by atoms with E-state index in [9.17, 15) is 13.3 Å². The van der Waals surface area contributed by atoms with Gasteiger partial charge in [0.05, 0.1) is 13.2 Å². The van der Waals surface area contributed by atoms with Crippen molar-refractivity contribution in [2.75, 3.05) is 13.2 Å². The third-order valence-corrected chi connectivity index (χ3v) is 2.21. The first-order valence-electron chi connectivity index (χ1n) is 2.48. The first-order chi connectivity index (χ1) is 4.62. The molecular formula is C3H5F2O4P. The molecule has 1 heterocycles. The van der Waals surface area contributed by atoms with Gasteiger partial charge in [0.15, 0.2) is 0 Å². The lowest BCUT2D eigenvalue weighted by Crippen LogP contribution is -1.96. The zero-order chi connectivity index (χ0) is 7.61. The van der Waals surface area contributed by atoms with Gasteiger partial charge in [0.1, 0.15) is 0 Å². The van der Waals surface area contributed by atoms with Gasteiger partial charge in [-0.2, -0.15) is 8.78 Å². The van der Waals surface area contributed by atoms with Crippen molar-refractivity contribution < 1.29 is 26.9 Å². The Bertz CT molecular complexity index is 151. The van der Waals surface area contributed by atoms with E-state index in [-0.39, 0.29) is 13.2 Å². The average molecular weight is 174 g/mol. The molecule has 60 valence electrons. The van der Waals surface area contributed by atoms with E-state index in [2.05, 4.69) is 13.6 Å². The maximum absolute atomic E-state index is 11.4. The molecule has 0 aromatic rings. The number of halogens is 2. The predicted octanol–water partition coefficient (Wildman–Crippen LogP) is 1.38. The fraction of sp³-hybridized carbons (Fsp3) is 1.00. The fourth-order valence-corrected chi connectivity index (χ4v) is 1.48. The lowest BCUT2D eigenvalue weighted by atomic mass is 10.8. The summed E-state index contributed by atoms with van der Waals surface area (Å²) >= 11 is 0. The first kappa shape index (κ1) is 8.07. The van der Waals surface area contributed by atoms with Crippen LogP contribution >= 0.6 is 7.82 Å². The smallest absolute Gasteiger partial charge is 0.284 e. The molecule has 0 saturated carbocycles. The highest BCUT2D eigenvalue weighted by Gasteiger charge is 2.35.